The molecule has 1 aliphatic rings. The van der Waals surface area contributed by atoms with Crippen molar-refractivity contribution in [1.29, 1.82) is 0 Å². The quantitative estimate of drug-likeness (QED) is 0.598. The van der Waals surface area contributed by atoms with Crippen molar-refractivity contribution in [1.82, 2.24) is 0 Å². The van der Waals surface area contributed by atoms with Gasteiger partial charge in [0.25, 0.3) is 0 Å². The van der Waals surface area contributed by atoms with E-state index in [2.05, 4.69) is 26.5 Å². The Kier molecular flexibility index (Phi) is 2.94. The van der Waals surface area contributed by atoms with Gasteiger partial charge in [0.1, 0.15) is 0 Å². The second kappa shape index (κ2) is 3.57. The zero-order valence-electron chi connectivity index (χ0n) is 8.14. The molecule has 1 saturated carbocycles. The van der Waals surface area contributed by atoms with Crippen molar-refractivity contribution in [3.8, 4) is 0 Å². The maximum atomic E-state index is 4.25. The molecule has 0 bridgehead atoms. The van der Waals surface area contributed by atoms with Crippen LogP contribution in [0.1, 0.15) is 40.0 Å². The first-order chi connectivity index (χ1) is 5.11. The molecule has 1 aliphatic carbocycles. The largest absolute Gasteiger partial charge is 0.355 e. The van der Waals surface area contributed by atoms with E-state index in [1.807, 2.05) is 0 Å². The van der Waals surface area contributed by atoms with Crippen LogP contribution >= 0.6 is 0 Å². The summed E-state index contributed by atoms with van der Waals surface area (Å²) in [6, 6.07) is 0.721. The van der Waals surface area contributed by atoms with Crippen LogP contribution in [0.15, 0.2) is 0 Å². The first-order valence-corrected chi connectivity index (χ1v) is 4.94. The van der Waals surface area contributed by atoms with Gasteiger partial charge in [-0.3, -0.25) is 0 Å². The molecule has 3 N–H and O–H groups in total. The standard InChI is InChI=1S/C10H21N/c1-7(2)9-5-4-8(3)6-10(9)11/h7-10H,4-6,11H2,1-3H3/p+1/t8-,9+,10-/m1/s1. The zero-order chi connectivity index (χ0) is 8.43. The molecule has 0 aliphatic heterocycles. The van der Waals surface area contributed by atoms with Crippen LogP contribution in [0.4, 0.5) is 0 Å². The Morgan fingerprint density at radius 3 is 2.36 bits per heavy atom. The summed E-state index contributed by atoms with van der Waals surface area (Å²) in [7, 11) is 0. The Balaban J connectivity index is 2.44. The zero-order valence-corrected chi connectivity index (χ0v) is 8.14. The molecule has 0 unspecified atom stereocenters. The van der Waals surface area contributed by atoms with E-state index in [1.54, 1.807) is 0 Å². The summed E-state index contributed by atoms with van der Waals surface area (Å²) in [6.07, 6.45) is 4.19. The minimum absolute atomic E-state index is 0.721. The summed E-state index contributed by atoms with van der Waals surface area (Å²) in [5.74, 6) is 2.66. The molecule has 3 atom stereocenters. The molecule has 0 heterocycles. The number of rotatable bonds is 1. The minimum atomic E-state index is 0.721. The van der Waals surface area contributed by atoms with Crippen molar-refractivity contribution in [2.24, 2.45) is 17.8 Å². The average molecular weight is 156 g/mol. The van der Waals surface area contributed by atoms with Crippen LogP contribution in [0.5, 0.6) is 0 Å². The minimum Gasteiger partial charge on any atom is -0.355 e. The third-order valence-corrected chi connectivity index (χ3v) is 3.16. The molecule has 0 amide bonds. The van der Waals surface area contributed by atoms with Gasteiger partial charge in [0.05, 0.1) is 6.04 Å². The van der Waals surface area contributed by atoms with Gasteiger partial charge in [0.15, 0.2) is 0 Å². The van der Waals surface area contributed by atoms with Gasteiger partial charge in [-0.15, -0.1) is 0 Å². The average Bonchev–Trinajstić information content (AvgIpc) is 1.85. The monoisotopic (exact) mass is 156 g/mol. The molecular formula is C10H22N+. The molecule has 1 heteroatoms. The fourth-order valence-corrected chi connectivity index (χ4v) is 2.40. The van der Waals surface area contributed by atoms with Gasteiger partial charge >= 0.3 is 0 Å². The highest BCUT2D eigenvalue weighted by Gasteiger charge is 2.30. The lowest BCUT2D eigenvalue weighted by Gasteiger charge is -2.32. The molecule has 0 aromatic heterocycles. The van der Waals surface area contributed by atoms with E-state index in [-0.39, 0.29) is 0 Å². The lowest BCUT2D eigenvalue weighted by molar-refractivity contribution is -0.443. The molecule has 11 heavy (non-hydrogen) atoms. The maximum absolute atomic E-state index is 4.25. The fraction of sp³-hybridized carbons (Fsp3) is 1.00. The summed E-state index contributed by atoms with van der Waals surface area (Å²) in [6.45, 7) is 7.02. The maximum Gasteiger partial charge on any atom is 0.0877 e. The summed E-state index contributed by atoms with van der Waals surface area (Å²) in [4.78, 5) is 0. The molecule has 0 saturated heterocycles. The van der Waals surface area contributed by atoms with Gasteiger partial charge in [-0.1, -0.05) is 20.8 Å². The first kappa shape index (κ1) is 9.05. The van der Waals surface area contributed by atoms with E-state index in [4.69, 9.17) is 0 Å². The number of hydrogen-bond acceptors (Lipinski definition) is 0. The second-order valence-corrected chi connectivity index (χ2v) is 4.59. The molecule has 66 valence electrons. The van der Waals surface area contributed by atoms with Gasteiger partial charge in [-0.2, -0.15) is 0 Å². The molecule has 0 radical (unpaired) electrons. The molecule has 0 aromatic carbocycles. The van der Waals surface area contributed by atoms with Crippen molar-refractivity contribution >= 4 is 0 Å². The van der Waals surface area contributed by atoms with Crippen molar-refractivity contribution in [3.05, 3.63) is 0 Å². The molecule has 1 rings (SSSR count). The van der Waals surface area contributed by atoms with Crippen molar-refractivity contribution in [2.45, 2.75) is 46.1 Å². The van der Waals surface area contributed by atoms with Crippen LogP contribution in [0, 0.1) is 17.8 Å². The highest BCUT2D eigenvalue weighted by Crippen LogP contribution is 2.31. The third-order valence-electron chi connectivity index (χ3n) is 3.16. The molecule has 1 nitrogen and oxygen atoms in total. The molecule has 0 aromatic rings. The van der Waals surface area contributed by atoms with E-state index in [9.17, 15) is 0 Å². The van der Waals surface area contributed by atoms with Gasteiger partial charge < -0.3 is 5.73 Å². The molecule has 0 spiro atoms. The Morgan fingerprint density at radius 2 is 1.91 bits per heavy atom. The van der Waals surface area contributed by atoms with E-state index in [0.717, 1.165) is 23.8 Å². The van der Waals surface area contributed by atoms with Gasteiger partial charge in [0, 0.05) is 12.3 Å². The summed E-state index contributed by atoms with van der Waals surface area (Å²) >= 11 is 0. The van der Waals surface area contributed by atoms with Crippen molar-refractivity contribution in [3.63, 3.8) is 0 Å². The summed E-state index contributed by atoms with van der Waals surface area (Å²) in [5.41, 5.74) is 4.25. The molecule has 1 fully saturated rings. The van der Waals surface area contributed by atoms with Crippen LogP contribution in [-0.2, 0) is 0 Å². The van der Waals surface area contributed by atoms with Crippen LogP contribution < -0.4 is 5.73 Å². The SMILES string of the molecule is CC(C)[C@@H]1CC[C@@H](C)C[C@H]1[NH3+]. The third kappa shape index (κ3) is 2.19. The normalized spacial score (nSPS) is 39.5. The van der Waals surface area contributed by atoms with Gasteiger partial charge in [-0.05, 0) is 24.7 Å². The number of quaternary nitrogens is 1. The Morgan fingerprint density at radius 1 is 1.27 bits per heavy atom. The Labute approximate surface area is 70.4 Å². The lowest BCUT2D eigenvalue weighted by Crippen LogP contribution is -2.66. The first-order valence-electron chi connectivity index (χ1n) is 4.94. The van der Waals surface area contributed by atoms with E-state index in [0.29, 0.717) is 0 Å². The van der Waals surface area contributed by atoms with Gasteiger partial charge in [-0.25, -0.2) is 0 Å². The number of hydrogen-bond donors (Lipinski definition) is 1. The predicted molar refractivity (Wildman–Crippen MR) is 48.0 cm³/mol. The predicted octanol–water partition coefficient (Wildman–Crippen LogP) is 1.69. The summed E-state index contributed by atoms with van der Waals surface area (Å²) < 4.78 is 0. The molecular weight excluding hydrogens is 134 g/mol. The topological polar surface area (TPSA) is 27.6 Å². The van der Waals surface area contributed by atoms with Crippen molar-refractivity contribution in [2.75, 3.05) is 0 Å². The van der Waals surface area contributed by atoms with E-state index < -0.39 is 0 Å². The van der Waals surface area contributed by atoms with Crippen LogP contribution in [-0.4, -0.2) is 6.04 Å². The van der Waals surface area contributed by atoms with E-state index >= 15 is 0 Å². The van der Waals surface area contributed by atoms with Crippen LogP contribution in [0.3, 0.4) is 0 Å². The Bertz CT molecular complexity index is 120. The van der Waals surface area contributed by atoms with E-state index in [1.165, 1.54) is 19.3 Å². The van der Waals surface area contributed by atoms with Crippen LogP contribution in [0.2, 0.25) is 0 Å². The lowest BCUT2D eigenvalue weighted by atomic mass is 9.74. The smallest absolute Gasteiger partial charge is 0.0877 e. The van der Waals surface area contributed by atoms with Crippen LogP contribution in [0.25, 0.3) is 0 Å². The highest BCUT2D eigenvalue weighted by molar-refractivity contribution is 4.78. The second-order valence-electron chi connectivity index (χ2n) is 4.59. The Hall–Kier alpha value is -0.0400. The highest BCUT2D eigenvalue weighted by atomic mass is 14.7. The van der Waals surface area contributed by atoms with Gasteiger partial charge in [0.2, 0.25) is 0 Å². The summed E-state index contributed by atoms with van der Waals surface area (Å²) in [5, 5.41) is 0. The van der Waals surface area contributed by atoms with Crippen molar-refractivity contribution < 1.29 is 5.73 Å². The fourth-order valence-electron chi connectivity index (χ4n) is 2.40.